The van der Waals surface area contributed by atoms with E-state index in [1.54, 1.807) is 0 Å². The number of amides is 1. The first kappa shape index (κ1) is 13.2. The molecule has 1 fully saturated rings. The van der Waals surface area contributed by atoms with Crippen molar-refractivity contribution < 1.29 is 23.1 Å². The van der Waals surface area contributed by atoms with Gasteiger partial charge in [-0.3, -0.25) is 4.79 Å². The van der Waals surface area contributed by atoms with Crippen LogP contribution in [0.15, 0.2) is 23.4 Å². The molecule has 0 unspecified atom stereocenters. The maximum Gasteiger partial charge on any atom is 0.447 e. The van der Waals surface area contributed by atoms with E-state index in [1.807, 2.05) is 0 Å². The first-order valence-electron chi connectivity index (χ1n) is 5.05. The molecule has 0 aromatic carbocycles. The fourth-order valence-corrected chi connectivity index (χ4v) is 2.13. The molecule has 1 aromatic heterocycles. The molecular formula is C10H9F3N2O2S. The first-order valence-corrected chi connectivity index (χ1v) is 5.86. The quantitative estimate of drug-likeness (QED) is 0.833. The normalized spacial score (nSPS) is 16.6. The van der Waals surface area contributed by atoms with Gasteiger partial charge in [-0.05, 0) is 12.1 Å². The number of likely N-dealkylation sites (tertiary alicyclic amines) is 1. The van der Waals surface area contributed by atoms with Crippen LogP contribution in [0.3, 0.4) is 0 Å². The first-order chi connectivity index (χ1) is 8.37. The Balaban J connectivity index is 2.19. The van der Waals surface area contributed by atoms with Crippen molar-refractivity contribution in [3.8, 4) is 0 Å². The Morgan fingerprint density at radius 3 is 2.72 bits per heavy atom. The lowest BCUT2D eigenvalue weighted by atomic mass is 10.1. The smallest absolute Gasteiger partial charge is 0.389 e. The molecule has 0 saturated carbocycles. The molecule has 2 heterocycles. The molecule has 0 spiro atoms. The third-order valence-corrected chi connectivity index (χ3v) is 3.11. The van der Waals surface area contributed by atoms with E-state index in [0.29, 0.717) is 0 Å². The van der Waals surface area contributed by atoms with Crippen LogP contribution in [-0.4, -0.2) is 45.6 Å². The van der Waals surface area contributed by atoms with E-state index >= 15 is 0 Å². The Bertz CT molecular complexity index is 461. The summed E-state index contributed by atoms with van der Waals surface area (Å²) in [5.74, 6) is -0.542. The predicted molar refractivity (Wildman–Crippen MR) is 58.1 cm³/mol. The van der Waals surface area contributed by atoms with Crippen molar-refractivity contribution in [1.82, 2.24) is 9.88 Å². The molecule has 1 amide bonds. The van der Waals surface area contributed by atoms with Gasteiger partial charge < -0.3 is 10.0 Å². The van der Waals surface area contributed by atoms with Crippen LogP contribution in [0.25, 0.3) is 0 Å². The second kappa shape index (κ2) is 4.77. The third kappa shape index (κ3) is 2.94. The molecule has 2 rings (SSSR count). The van der Waals surface area contributed by atoms with Crippen molar-refractivity contribution in [1.29, 1.82) is 0 Å². The number of β-amino-alcohol motifs (C(OH)–C–C–N with tert-alkyl or cyclic N) is 1. The number of pyridine rings is 1. The lowest BCUT2D eigenvalue weighted by Crippen LogP contribution is -2.53. The number of carbonyl (C=O) groups excluding carboxylic acids is 1. The van der Waals surface area contributed by atoms with Crippen LogP contribution in [0.1, 0.15) is 10.4 Å². The number of aliphatic hydroxyl groups is 1. The van der Waals surface area contributed by atoms with Gasteiger partial charge >= 0.3 is 5.51 Å². The minimum Gasteiger partial charge on any atom is -0.389 e. The van der Waals surface area contributed by atoms with E-state index in [2.05, 4.69) is 4.98 Å². The predicted octanol–water partition coefficient (Wildman–Crippen LogP) is 1.51. The van der Waals surface area contributed by atoms with Gasteiger partial charge in [0.1, 0.15) is 5.03 Å². The Hall–Kier alpha value is -1.28. The van der Waals surface area contributed by atoms with Gasteiger partial charge in [-0.1, -0.05) is 0 Å². The van der Waals surface area contributed by atoms with Crippen LogP contribution in [-0.2, 0) is 0 Å². The monoisotopic (exact) mass is 278 g/mol. The van der Waals surface area contributed by atoms with Gasteiger partial charge in [0.15, 0.2) is 0 Å². The maximum atomic E-state index is 12.3. The summed E-state index contributed by atoms with van der Waals surface area (Å²) in [4.78, 5) is 16.7. The molecule has 1 aliphatic heterocycles. The zero-order chi connectivity index (χ0) is 13.3. The molecule has 1 aromatic rings. The molecule has 1 saturated heterocycles. The molecule has 1 N–H and O–H groups in total. The SMILES string of the molecule is O=C(c1cccnc1SC(F)(F)F)N1CC(O)C1. The van der Waals surface area contributed by atoms with Gasteiger partial charge in [0.05, 0.1) is 11.7 Å². The zero-order valence-electron chi connectivity index (χ0n) is 9.02. The summed E-state index contributed by atoms with van der Waals surface area (Å²) >= 11 is -0.413. The number of aliphatic hydroxyl groups excluding tert-OH is 1. The number of nitrogens with zero attached hydrogens (tertiary/aromatic N) is 2. The third-order valence-electron chi connectivity index (χ3n) is 2.36. The summed E-state index contributed by atoms with van der Waals surface area (Å²) in [6.45, 7) is 0.285. The summed E-state index contributed by atoms with van der Waals surface area (Å²) < 4.78 is 36.9. The van der Waals surface area contributed by atoms with Gasteiger partial charge in [-0.25, -0.2) is 4.98 Å². The van der Waals surface area contributed by atoms with Crippen LogP contribution in [0.4, 0.5) is 13.2 Å². The molecule has 0 atom stereocenters. The minimum atomic E-state index is -4.49. The number of thioether (sulfide) groups is 1. The second-order valence-corrected chi connectivity index (χ2v) is 4.82. The number of hydrogen-bond acceptors (Lipinski definition) is 4. The van der Waals surface area contributed by atoms with Crippen molar-refractivity contribution in [2.24, 2.45) is 0 Å². The average molecular weight is 278 g/mol. The number of halogens is 3. The number of aromatic nitrogens is 1. The topological polar surface area (TPSA) is 53.4 Å². The van der Waals surface area contributed by atoms with E-state index in [4.69, 9.17) is 5.11 Å². The summed E-state index contributed by atoms with van der Waals surface area (Å²) in [6, 6.07) is 2.71. The van der Waals surface area contributed by atoms with E-state index in [0.717, 1.165) is 0 Å². The van der Waals surface area contributed by atoms with Crippen LogP contribution in [0, 0.1) is 0 Å². The Kier molecular flexibility index (Phi) is 3.49. The van der Waals surface area contributed by atoms with E-state index in [1.165, 1.54) is 23.2 Å². The van der Waals surface area contributed by atoms with Crippen LogP contribution >= 0.6 is 11.8 Å². The fourth-order valence-electron chi connectivity index (χ4n) is 1.54. The van der Waals surface area contributed by atoms with E-state index in [-0.39, 0.29) is 23.7 Å². The molecule has 1 aliphatic rings. The Labute approximate surface area is 105 Å². The highest BCUT2D eigenvalue weighted by atomic mass is 32.2. The largest absolute Gasteiger partial charge is 0.447 e. The Morgan fingerprint density at radius 2 is 2.17 bits per heavy atom. The van der Waals surface area contributed by atoms with Crippen molar-refractivity contribution in [3.05, 3.63) is 23.9 Å². The minimum absolute atomic E-state index is 0.0910. The van der Waals surface area contributed by atoms with Crippen molar-refractivity contribution in [2.75, 3.05) is 13.1 Å². The summed E-state index contributed by atoms with van der Waals surface area (Å²) in [7, 11) is 0. The Morgan fingerprint density at radius 1 is 1.50 bits per heavy atom. The molecule has 4 nitrogen and oxygen atoms in total. The highest BCUT2D eigenvalue weighted by Gasteiger charge is 2.35. The van der Waals surface area contributed by atoms with Crippen molar-refractivity contribution in [2.45, 2.75) is 16.6 Å². The van der Waals surface area contributed by atoms with Gasteiger partial charge in [-0.15, -0.1) is 0 Å². The standard InChI is InChI=1S/C10H9F3N2O2S/c11-10(12,13)18-8-7(2-1-3-14-8)9(17)15-4-6(16)5-15/h1-3,6,16H,4-5H2. The van der Waals surface area contributed by atoms with Crippen molar-refractivity contribution >= 4 is 17.7 Å². The lowest BCUT2D eigenvalue weighted by molar-refractivity contribution is -0.0329. The molecule has 8 heteroatoms. The molecule has 0 bridgehead atoms. The van der Waals surface area contributed by atoms with E-state index < -0.39 is 29.3 Å². The van der Waals surface area contributed by atoms with Crippen molar-refractivity contribution in [3.63, 3.8) is 0 Å². The highest BCUT2D eigenvalue weighted by molar-refractivity contribution is 8.00. The fraction of sp³-hybridized carbons (Fsp3) is 0.400. The van der Waals surface area contributed by atoms with Crippen LogP contribution in [0.2, 0.25) is 0 Å². The van der Waals surface area contributed by atoms with Gasteiger partial charge in [-0.2, -0.15) is 13.2 Å². The van der Waals surface area contributed by atoms with Gasteiger partial charge in [0, 0.05) is 31.0 Å². The van der Waals surface area contributed by atoms with Crippen LogP contribution in [0.5, 0.6) is 0 Å². The maximum absolute atomic E-state index is 12.3. The summed E-state index contributed by atoms with van der Waals surface area (Å²) in [5.41, 5.74) is -4.58. The second-order valence-electron chi connectivity index (χ2n) is 3.77. The summed E-state index contributed by atoms with van der Waals surface area (Å²) in [5, 5.41) is 8.71. The average Bonchev–Trinajstić information content (AvgIpc) is 2.22. The number of carbonyl (C=O) groups is 1. The van der Waals surface area contributed by atoms with Gasteiger partial charge in [0.25, 0.3) is 5.91 Å². The lowest BCUT2D eigenvalue weighted by Gasteiger charge is -2.36. The number of rotatable bonds is 2. The highest BCUT2D eigenvalue weighted by Crippen LogP contribution is 2.37. The molecule has 18 heavy (non-hydrogen) atoms. The molecule has 0 aliphatic carbocycles. The number of hydrogen-bond donors (Lipinski definition) is 1. The number of alkyl halides is 3. The molecule has 0 radical (unpaired) electrons. The summed E-state index contributed by atoms with van der Waals surface area (Å²) in [6.07, 6.45) is 0.611. The van der Waals surface area contributed by atoms with E-state index in [9.17, 15) is 18.0 Å². The van der Waals surface area contributed by atoms with Gasteiger partial charge in [0.2, 0.25) is 0 Å². The molecule has 98 valence electrons. The van der Waals surface area contributed by atoms with Crippen LogP contribution < -0.4 is 0 Å². The zero-order valence-corrected chi connectivity index (χ0v) is 9.83. The molecular weight excluding hydrogens is 269 g/mol.